The molecular formula is C6H4Cl2F2N2O2S. The fourth-order valence-corrected chi connectivity index (χ4v) is 2.28. The molecule has 15 heavy (non-hydrogen) atoms. The number of anilines is 1. The molecule has 0 saturated heterocycles. The van der Waals surface area contributed by atoms with Gasteiger partial charge in [-0.25, -0.2) is 22.2 Å². The Morgan fingerprint density at radius 3 is 2.40 bits per heavy atom. The maximum Gasteiger partial charge on any atom is 0.280 e. The van der Waals surface area contributed by atoms with Crippen molar-refractivity contribution in [2.75, 3.05) is 5.73 Å². The molecule has 4 nitrogen and oxygen atoms in total. The van der Waals surface area contributed by atoms with E-state index in [1.54, 1.807) is 0 Å². The Labute approximate surface area is 93.4 Å². The first kappa shape index (κ1) is 12.4. The maximum atomic E-state index is 12.3. The van der Waals surface area contributed by atoms with Crippen LogP contribution in [0.3, 0.4) is 0 Å². The fraction of sp³-hybridized carbons (Fsp3) is 0.167. The third-order valence-electron chi connectivity index (χ3n) is 1.47. The van der Waals surface area contributed by atoms with E-state index < -0.39 is 36.9 Å². The lowest BCUT2D eigenvalue weighted by atomic mass is 10.3. The summed E-state index contributed by atoms with van der Waals surface area (Å²) in [6.07, 6.45) is -2.89. The van der Waals surface area contributed by atoms with E-state index in [2.05, 4.69) is 4.98 Å². The number of hydrogen-bond acceptors (Lipinski definition) is 4. The Bertz CT molecular complexity index is 492. The highest BCUT2D eigenvalue weighted by molar-refractivity contribution is 8.13. The Kier molecular flexibility index (Phi) is 3.37. The van der Waals surface area contributed by atoms with Gasteiger partial charge in [0.1, 0.15) is 5.82 Å². The molecule has 1 aromatic rings. The van der Waals surface area contributed by atoms with Crippen LogP contribution in [0.15, 0.2) is 11.1 Å². The summed E-state index contributed by atoms with van der Waals surface area (Å²) in [7, 11) is 0.756. The molecule has 0 saturated carbocycles. The Hall–Kier alpha value is -0.660. The SMILES string of the molecule is Nc1nc(S(=O)(=O)Cl)c(Cl)cc1C(F)F. The lowest BCUT2D eigenvalue weighted by Crippen LogP contribution is -2.04. The van der Waals surface area contributed by atoms with Gasteiger partial charge in [0.2, 0.25) is 0 Å². The van der Waals surface area contributed by atoms with E-state index in [4.69, 9.17) is 28.0 Å². The minimum Gasteiger partial charge on any atom is -0.383 e. The van der Waals surface area contributed by atoms with Crippen LogP contribution in [-0.4, -0.2) is 13.4 Å². The van der Waals surface area contributed by atoms with Crippen molar-refractivity contribution in [1.29, 1.82) is 0 Å². The molecule has 0 aliphatic heterocycles. The Morgan fingerprint density at radius 2 is 2.00 bits per heavy atom. The van der Waals surface area contributed by atoms with Crippen molar-refractivity contribution >= 4 is 37.2 Å². The molecule has 0 radical (unpaired) electrons. The van der Waals surface area contributed by atoms with Crippen LogP contribution in [0.25, 0.3) is 0 Å². The first-order chi connectivity index (χ1) is 6.73. The molecular weight excluding hydrogens is 273 g/mol. The molecule has 0 atom stereocenters. The second kappa shape index (κ2) is 4.07. The van der Waals surface area contributed by atoms with Gasteiger partial charge in [0, 0.05) is 10.7 Å². The number of halogens is 4. The normalized spacial score (nSPS) is 12.1. The third kappa shape index (κ3) is 2.67. The number of alkyl halides is 2. The van der Waals surface area contributed by atoms with E-state index in [9.17, 15) is 17.2 Å². The van der Waals surface area contributed by atoms with Crippen molar-refractivity contribution in [1.82, 2.24) is 4.98 Å². The van der Waals surface area contributed by atoms with Crippen molar-refractivity contribution < 1.29 is 17.2 Å². The number of rotatable bonds is 2. The summed E-state index contributed by atoms with van der Waals surface area (Å²) in [5, 5.41) is -1.22. The van der Waals surface area contributed by atoms with E-state index in [-0.39, 0.29) is 0 Å². The molecule has 0 aliphatic carbocycles. The highest BCUT2D eigenvalue weighted by Crippen LogP contribution is 2.31. The monoisotopic (exact) mass is 276 g/mol. The van der Waals surface area contributed by atoms with Gasteiger partial charge in [0.15, 0.2) is 5.03 Å². The summed E-state index contributed by atoms with van der Waals surface area (Å²) in [6, 6.07) is 0.726. The molecule has 1 heterocycles. The predicted molar refractivity (Wildman–Crippen MR) is 51.7 cm³/mol. The van der Waals surface area contributed by atoms with Gasteiger partial charge >= 0.3 is 0 Å². The summed E-state index contributed by atoms with van der Waals surface area (Å²) in [4.78, 5) is 3.21. The molecule has 2 N–H and O–H groups in total. The average molecular weight is 277 g/mol. The Balaban J connectivity index is 3.46. The van der Waals surface area contributed by atoms with E-state index in [0.29, 0.717) is 0 Å². The second-order valence-electron chi connectivity index (χ2n) is 2.49. The van der Waals surface area contributed by atoms with Gasteiger partial charge in [-0.3, -0.25) is 0 Å². The number of aromatic nitrogens is 1. The van der Waals surface area contributed by atoms with Crippen LogP contribution in [0.5, 0.6) is 0 Å². The Morgan fingerprint density at radius 1 is 1.47 bits per heavy atom. The van der Waals surface area contributed by atoms with Gasteiger partial charge < -0.3 is 5.73 Å². The fourth-order valence-electron chi connectivity index (χ4n) is 0.845. The standard InChI is InChI=1S/C6H4Cl2F2N2O2S/c7-3-1-2(4(9)10)5(11)12-6(3)15(8,13)14/h1,4H,(H2,11,12). The number of nitrogens with zero attached hydrogens (tertiary/aromatic N) is 1. The molecule has 9 heteroatoms. The number of pyridine rings is 1. The van der Waals surface area contributed by atoms with Gasteiger partial charge in [-0.05, 0) is 6.07 Å². The van der Waals surface area contributed by atoms with E-state index >= 15 is 0 Å². The topological polar surface area (TPSA) is 73.0 Å². The summed E-state index contributed by atoms with van der Waals surface area (Å²) < 4.78 is 46.3. The molecule has 0 bridgehead atoms. The first-order valence-electron chi connectivity index (χ1n) is 3.42. The van der Waals surface area contributed by atoms with Crippen LogP contribution in [0.1, 0.15) is 12.0 Å². The maximum absolute atomic E-state index is 12.3. The van der Waals surface area contributed by atoms with Gasteiger partial charge in [0.25, 0.3) is 15.5 Å². The van der Waals surface area contributed by atoms with Crippen LogP contribution >= 0.6 is 22.3 Å². The van der Waals surface area contributed by atoms with Crippen molar-refractivity contribution in [3.05, 3.63) is 16.7 Å². The highest BCUT2D eigenvalue weighted by atomic mass is 35.7. The van der Waals surface area contributed by atoms with Gasteiger partial charge in [-0.15, -0.1) is 0 Å². The lowest BCUT2D eigenvalue weighted by Gasteiger charge is -2.06. The lowest BCUT2D eigenvalue weighted by molar-refractivity contribution is 0.152. The van der Waals surface area contributed by atoms with Crippen LogP contribution in [-0.2, 0) is 9.05 Å². The second-order valence-corrected chi connectivity index (χ2v) is 5.38. The molecule has 0 spiro atoms. The zero-order chi connectivity index (χ0) is 11.8. The molecule has 0 amide bonds. The van der Waals surface area contributed by atoms with Crippen molar-refractivity contribution in [2.24, 2.45) is 0 Å². The summed E-state index contributed by atoms with van der Waals surface area (Å²) in [5.41, 5.74) is 4.48. The minimum absolute atomic E-state index is 0.491. The summed E-state index contributed by atoms with van der Waals surface area (Å²) >= 11 is 5.42. The first-order valence-corrected chi connectivity index (χ1v) is 6.11. The van der Waals surface area contributed by atoms with Gasteiger partial charge in [0.05, 0.1) is 10.6 Å². The molecule has 0 unspecified atom stereocenters. The number of hydrogen-bond donors (Lipinski definition) is 1. The largest absolute Gasteiger partial charge is 0.383 e. The molecule has 0 aliphatic rings. The minimum atomic E-state index is -4.19. The molecule has 84 valence electrons. The van der Waals surface area contributed by atoms with E-state index in [1.165, 1.54) is 0 Å². The zero-order valence-corrected chi connectivity index (χ0v) is 9.24. The van der Waals surface area contributed by atoms with Crippen molar-refractivity contribution in [3.63, 3.8) is 0 Å². The van der Waals surface area contributed by atoms with Crippen LogP contribution < -0.4 is 5.73 Å². The summed E-state index contributed by atoms with van der Waals surface area (Å²) in [5.74, 6) is -0.617. The van der Waals surface area contributed by atoms with Gasteiger partial charge in [-0.2, -0.15) is 0 Å². The highest BCUT2D eigenvalue weighted by Gasteiger charge is 2.22. The van der Waals surface area contributed by atoms with Crippen molar-refractivity contribution in [2.45, 2.75) is 11.5 Å². The van der Waals surface area contributed by atoms with E-state index in [1.807, 2.05) is 0 Å². The van der Waals surface area contributed by atoms with Crippen molar-refractivity contribution in [3.8, 4) is 0 Å². The molecule has 0 fully saturated rings. The molecule has 1 aromatic heterocycles. The predicted octanol–water partition coefficient (Wildman–Crippen LogP) is 2.18. The van der Waals surface area contributed by atoms with E-state index in [0.717, 1.165) is 6.07 Å². The molecule has 0 aromatic carbocycles. The number of nitrogens with two attached hydrogens (primary N) is 1. The molecule has 1 rings (SSSR count). The van der Waals surface area contributed by atoms with Crippen LogP contribution in [0.2, 0.25) is 5.02 Å². The smallest absolute Gasteiger partial charge is 0.280 e. The number of nitrogen functional groups attached to an aromatic ring is 1. The zero-order valence-electron chi connectivity index (χ0n) is 6.92. The van der Waals surface area contributed by atoms with Crippen LogP contribution in [0, 0.1) is 0 Å². The van der Waals surface area contributed by atoms with Gasteiger partial charge in [-0.1, -0.05) is 11.6 Å². The quantitative estimate of drug-likeness (QED) is 0.841. The third-order valence-corrected chi connectivity index (χ3v) is 3.08. The van der Waals surface area contributed by atoms with Crippen LogP contribution in [0.4, 0.5) is 14.6 Å². The average Bonchev–Trinajstić information content (AvgIpc) is 2.06. The summed E-state index contributed by atoms with van der Waals surface area (Å²) in [6.45, 7) is 0.